The summed E-state index contributed by atoms with van der Waals surface area (Å²) in [6, 6.07) is 10.9. The standard InChI is InChI=1S/C36H39N9O4/c46-33-8-7-32(34(47)42-33)45-35(48)27-5-4-25(17-28(27)36(45)49)38-9-1-2-22-14-26(15-22)44-21-24(18-40-44)31-19-39-29-6-3-23(16-30(29)41-31)20-43-12-10-37-11-13-43/h3-6,16-19,21-22,26,32,37-38H,1-2,7-15,20H2,(H,42,46,47)/t22-,26-,32?. The van der Waals surface area contributed by atoms with Gasteiger partial charge in [0, 0.05) is 63.1 Å². The molecular weight excluding hydrogens is 622 g/mol. The first kappa shape index (κ1) is 31.3. The van der Waals surface area contributed by atoms with Gasteiger partial charge in [-0.3, -0.25) is 44.0 Å². The molecule has 4 amide bonds. The monoisotopic (exact) mass is 661 g/mol. The summed E-state index contributed by atoms with van der Waals surface area (Å²) in [5.41, 5.74) is 6.19. The normalized spacial score (nSPS) is 22.7. The summed E-state index contributed by atoms with van der Waals surface area (Å²) < 4.78 is 2.07. The van der Waals surface area contributed by atoms with E-state index in [-0.39, 0.29) is 29.9 Å². The zero-order valence-corrected chi connectivity index (χ0v) is 27.2. The maximum Gasteiger partial charge on any atom is 0.262 e. The van der Waals surface area contributed by atoms with E-state index in [0.29, 0.717) is 12.0 Å². The van der Waals surface area contributed by atoms with E-state index in [4.69, 9.17) is 4.98 Å². The first-order valence-corrected chi connectivity index (χ1v) is 17.2. The minimum absolute atomic E-state index is 0.0976. The van der Waals surface area contributed by atoms with E-state index in [1.165, 1.54) is 5.56 Å². The Bertz CT molecular complexity index is 1950. The fourth-order valence-corrected chi connectivity index (χ4v) is 7.45. The molecule has 1 atom stereocenters. The van der Waals surface area contributed by atoms with Crippen molar-refractivity contribution in [2.24, 2.45) is 5.92 Å². The molecule has 13 heteroatoms. The molecule has 3 fully saturated rings. The summed E-state index contributed by atoms with van der Waals surface area (Å²) in [5, 5.41) is 13.7. The van der Waals surface area contributed by atoms with E-state index in [1.54, 1.807) is 18.2 Å². The quantitative estimate of drug-likeness (QED) is 0.171. The first-order chi connectivity index (χ1) is 23.9. The number of benzene rings is 2. The zero-order chi connectivity index (χ0) is 33.5. The van der Waals surface area contributed by atoms with Gasteiger partial charge in [0.25, 0.3) is 11.8 Å². The molecule has 2 aromatic heterocycles. The second-order valence-corrected chi connectivity index (χ2v) is 13.6. The maximum absolute atomic E-state index is 13.1. The third-order valence-electron chi connectivity index (χ3n) is 10.3. The number of fused-ring (bicyclic) bond motifs is 2. The molecule has 2 aromatic carbocycles. The fraction of sp³-hybridized carbons (Fsp3) is 0.417. The van der Waals surface area contributed by atoms with Gasteiger partial charge in [-0.1, -0.05) is 6.07 Å². The Morgan fingerprint density at radius 2 is 1.76 bits per heavy atom. The van der Waals surface area contributed by atoms with Crippen LogP contribution in [-0.4, -0.2) is 91.9 Å². The van der Waals surface area contributed by atoms with Crippen LogP contribution < -0.4 is 16.0 Å². The fourth-order valence-electron chi connectivity index (χ4n) is 7.45. The molecule has 2 saturated heterocycles. The Morgan fingerprint density at radius 3 is 2.59 bits per heavy atom. The molecule has 8 rings (SSSR count). The number of rotatable bonds is 10. The van der Waals surface area contributed by atoms with E-state index < -0.39 is 23.8 Å². The number of nitrogens with one attached hydrogen (secondary N) is 3. The average Bonchev–Trinajstić information content (AvgIpc) is 3.66. The molecule has 13 nitrogen and oxygen atoms in total. The molecule has 5 heterocycles. The van der Waals surface area contributed by atoms with Gasteiger partial charge in [-0.2, -0.15) is 5.10 Å². The van der Waals surface area contributed by atoms with E-state index in [2.05, 4.69) is 60.0 Å². The van der Waals surface area contributed by atoms with Crippen LogP contribution in [0.3, 0.4) is 0 Å². The number of piperidine rings is 1. The van der Waals surface area contributed by atoms with Crippen molar-refractivity contribution in [2.75, 3.05) is 38.0 Å². The highest BCUT2D eigenvalue weighted by Gasteiger charge is 2.44. The second kappa shape index (κ2) is 13.1. The van der Waals surface area contributed by atoms with Gasteiger partial charge in [0.05, 0.1) is 46.3 Å². The number of nitrogens with zero attached hydrogens (tertiary/aromatic N) is 6. The lowest BCUT2D eigenvalue weighted by molar-refractivity contribution is -0.136. The minimum atomic E-state index is -0.963. The molecule has 1 aliphatic carbocycles. The van der Waals surface area contributed by atoms with Crippen LogP contribution in [0.25, 0.3) is 22.3 Å². The number of imide groups is 2. The molecule has 0 bridgehead atoms. The molecule has 49 heavy (non-hydrogen) atoms. The number of hydrogen-bond donors (Lipinski definition) is 3. The largest absolute Gasteiger partial charge is 0.385 e. The van der Waals surface area contributed by atoms with Crippen molar-refractivity contribution in [2.45, 2.75) is 57.2 Å². The van der Waals surface area contributed by atoms with Gasteiger partial charge in [0.2, 0.25) is 11.8 Å². The van der Waals surface area contributed by atoms with Gasteiger partial charge in [-0.25, -0.2) is 4.98 Å². The van der Waals surface area contributed by atoms with Crippen molar-refractivity contribution in [1.29, 1.82) is 0 Å². The van der Waals surface area contributed by atoms with E-state index in [0.717, 1.165) is 97.8 Å². The van der Waals surface area contributed by atoms with Gasteiger partial charge in [-0.15, -0.1) is 0 Å². The molecule has 1 saturated carbocycles. The topological polar surface area (TPSA) is 154 Å². The number of anilines is 1. The molecule has 0 radical (unpaired) electrons. The Labute approximate surface area is 283 Å². The van der Waals surface area contributed by atoms with Crippen molar-refractivity contribution >= 4 is 40.3 Å². The third kappa shape index (κ3) is 6.31. The maximum atomic E-state index is 13.1. The van der Waals surface area contributed by atoms with Crippen molar-refractivity contribution in [3.63, 3.8) is 0 Å². The number of carbonyl (C=O) groups excluding carboxylic acids is 4. The van der Waals surface area contributed by atoms with Crippen LogP contribution in [0.2, 0.25) is 0 Å². The van der Waals surface area contributed by atoms with E-state index in [1.807, 2.05) is 12.4 Å². The van der Waals surface area contributed by atoms with Crippen molar-refractivity contribution in [3.8, 4) is 11.3 Å². The van der Waals surface area contributed by atoms with Crippen molar-refractivity contribution in [1.82, 2.24) is 40.2 Å². The number of hydrogen-bond acceptors (Lipinski definition) is 10. The summed E-state index contributed by atoms with van der Waals surface area (Å²) in [6.07, 6.45) is 10.2. The van der Waals surface area contributed by atoms with Crippen molar-refractivity contribution in [3.05, 3.63) is 71.7 Å². The molecule has 3 N–H and O–H groups in total. The van der Waals surface area contributed by atoms with Crippen LogP contribution in [0, 0.1) is 5.92 Å². The summed E-state index contributed by atoms with van der Waals surface area (Å²) in [6.45, 7) is 5.83. The predicted molar refractivity (Wildman–Crippen MR) is 182 cm³/mol. The van der Waals surface area contributed by atoms with Crippen LogP contribution in [0.4, 0.5) is 5.69 Å². The van der Waals surface area contributed by atoms with Gasteiger partial charge < -0.3 is 10.6 Å². The third-order valence-corrected chi connectivity index (χ3v) is 10.3. The summed E-state index contributed by atoms with van der Waals surface area (Å²) in [7, 11) is 0. The van der Waals surface area contributed by atoms with Crippen LogP contribution in [0.15, 0.2) is 55.0 Å². The number of aromatic nitrogens is 4. The van der Waals surface area contributed by atoms with Gasteiger partial charge in [0.1, 0.15) is 6.04 Å². The van der Waals surface area contributed by atoms with Gasteiger partial charge in [-0.05, 0) is 73.9 Å². The zero-order valence-electron chi connectivity index (χ0n) is 27.2. The second-order valence-electron chi connectivity index (χ2n) is 13.6. The number of amides is 4. The predicted octanol–water partition coefficient (Wildman–Crippen LogP) is 3.14. The Hall–Kier alpha value is -5.01. The smallest absolute Gasteiger partial charge is 0.262 e. The molecular formula is C36H39N9O4. The molecule has 4 aromatic rings. The van der Waals surface area contributed by atoms with Gasteiger partial charge >= 0.3 is 0 Å². The van der Waals surface area contributed by atoms with Gasteiger partial charge in [0.15, 0.2) is 0 Å². The molecule has 0 spiro atoms. The molecule has 1 unspecified atom stereocenters. The molecule has 4 aliphatic rings. The Kier molecular flexibility index (Phi) is 8.38. The Balaban J connectivity index is 0.811. The molecule has 252 valence electrons. The van der Waals surface area contributed by atoms with Crippen LogP contribution in [0.1, 0.15) is 70.8 Å². The van der Waals surface area contributed by atoms with Crippen LogP contribution in [-0.2, 0) is 16.1 Å². The van der Waals surface area contributed by atoms with Crippen LogP contribution >= 0.6 is 0 Å². The molecule has 3 aliphatic heterocycles. The lowest BCUT2D eigenvalue weighted by Gasteiger charge is -2.35. The lowest BCUT2D eigenvalue weighted by atomic mass is 9.77. The highest BCUT2D eigenvalue weighted by atomic mass is 16.2. The summed E-state index contributed by atoms with van der Waals surface area (Å²) in [5.74, 6) is -1.37. The number of piperazine rings is 1. The summed E-state index contributed by atoms with van der Waals surface area (Å²) >= 11 is 0. The highest BCUT2D eigenvalue weighted by molar-refractivity contribution is 6.23. The van der Waals surface area contributed by atoms with E-state index >= 15 is 0 Å². The Morgan fingerprint density at radius 1 is 0.918 bits per heavy atom. The van der Waals surface area contributed by atoms with Crippen LogP contribution in [0.5, 0.6) is 0 Å². The van der Waals surface area contributed by atoms with E-state index in [9.17, 15) is 19.2 Å². The SMILES string of the molecule is O=C1CCC(N2C(=O)c3ccc(NCCC[C@H]4C[C@H](n5cc(-c6cnc7ccc(CN8CCNCC8)cc7n6)cn5)C4)cc3C2=O)C(=O)N1. The number of carbonyl (C=O) groups is 4. The highest BCUT2D eigenvalue weighted by Crippen LogP contribution is 2.40. The van der Waals surface area contributed by atoms with Crippen molar-refractivity contribution < 1.29 is 19.2 Å². The lowest BCUT2D eigenvalue weighted by Crippen LogP contribution is -2.54. The average molecular weight is 662 g/mol. The first-order valence-electron chi connectivity index (χ1n) is 17.2. The summed E-state index contributed by atoms with van der Waals surface area (Å²) in [4.78, 5) is 63.0. The minimum Gasteiger partial charge on any atom is -0.385 e.